The van der Waals surface area contributed by atoms with E-state index in [0.717, 1.165) is 18.2 Å². The van der Waals surface area contributed by atoms with Gasteiger partial charge in [-0.3, -0.25) is 9.59 Å². The molecule has 0 radical (unpaired) electrons. The molecule has 19 heavy (non-hydrogen) atoms. The van der Waals surface area contributed by atoms with Crippen LogP contribution < -0.4 is 0 Å². The Morgan fingerprint density at radius 2 is 2.11 bits per heavy atom. The number of rotatable bonds is 4. The fraction of sp³-hybridized carbons (Fsp3) is 0.286. The monoisotopic (exact) mass is 277 g/mol. The molecule has 0 atom stereocenters. The van der Waals surface area contributed by atoms with Crippen LogP contribution in [0.5, 0.6) is 0 Å². The van der Waals surface area contributed by atoms with E-state index in [1.165, 1.54) is 0 Å². The number of carbonyl (C=O) groups excluding carboxylic acids is 1. The number of carboxylic acids is 1. The van der Waals surface area contributed by atoms with Gasteiger partial charge < -0.3 is 10.1 Å². The highest BCUT2D eigenvalue weighted by molar-refractivity contribution is 6.35. The van der Waals surface area contributed by atoms with Crippen LogP contribution in [0.25, 0.3) is 10.9 Å². The predicted molar refractivity (Wildman–Crippen MR) is 71.7 cm³/mol. The molecule has 1 aromatic heterocycles. The fourth-order valence-electron chi connectivity index (χ4n) is 2.33. The van der Waals surface area contributed by atoms with E-state index in [9.17, 15) is 9.59 Å². The van der Waals surface area contributed by atoms with Crippen LogP contribution in [0.2, 0.25) is 5.02 Å². The topological polar surface area (TPSA) is 70.2 Å². The number of aromatic amines is 1. The van der Waals surface area contributed by atoms with Crippen LogP contribution in [0.4, 0.5) is 0 Å². The molecule has 1 aromatic carbocycles. The molecule has 0 saturated heterocycles. The van der Waals surface area contributed by atoms with Gasteiger partial charge in [-0.05, 0) is 24.5 Å². The third-order valence-electron chi connectivity index (χ3n) is 3.41. The standard InChI is InChI=1S/C14H12ClNO3/c15-10-3-1-2-8-9(6-11(17)18)13(16-12(8)10)14(19)7-4-5-7/h1-3,7,16H,4-6H2,(H,17,18). The van der Waals surface area contributed by atoms with Crippen LogP contribution in [0.3, 0.4) is 0 Å². The number of hydrogen-bond acceptors (Lipinski definition) is 2. The normalized spacial score (nSPS) is 14.8. The lowest BCUT2D eigenvalue weighted by atomic mass is 10.0. The van der Waals surface area contributed by atoms with Gasteiger partial charge in [0, 0.05) is 11.3 Å². The number of carbonyl (C=O) groups is 2. The fourth-order valence-corrected chi connectivity index (χ4v) is 2.55. The van der Waals surface area contributed by atoms with Gasteiger partial charge in [-0.2, -0.15) is 0 Å². The number of H-pyrrole nitrogens is 1. The van der Waals surface area contributed by atoms with Crippen molar-refractivity contribution in [2.24, 2.45) is 5.92 Å². The summed E-state index contributed by atoms with van der Waals surface area (Å²) in [4.78, 5) is 26.2. The van der Waals surface area contributed by atoms with Crippen LogP contribution in [0.1, 0.15) is 28.9 Å². The summed E-state index contributed by atoms with van der Waals surface area (Å²) in [5, 5.41) is 10.2. The van der Waals surface area contributed by atoms with Gasteiger partial charge >= 0.3 is 5.97 Å². The maximum atomic E-state index is 12.2. The zero-order chi connectivity index (χ0) is 13.6. The average Bonchev–Trinajstić information content (AvgIpc) is 3.13. The quantitative estimate of drug-likeness (QED) is 0.844. The second kappa shape index (κ2) is 4.38. The minimum Gasteiger partial charge on any atom is -0.481 e. The van der Waals surface area contributed by atoms with Crippen molar-refractivity contribution in [3.05, 3.63) is 34.5 Å². The summed E-state index contributed by atoms with van der Waals surface area (Å²) < 4.78 is 0. The first-order chi connectivity index (χ1) is 9.08. The van der Waals surface area contributed by atoms with Crippen molar-refractivity contribution in [1.82, 2.24) is 4.98 Å². The maximum Gasteiger partial charge on any atom is 0.307 e. The van der Waals surface area contributed by atoms with E-state index < -0.39 is 5.97 Å². The Balaban J connectivity index is 2.20. The Morgan fingerprint density at radius 1 is 1.37 bits per heavy atom. The molecule has 1 aliphatic carbocycles. The van der Waals surface area contributed by atoms with E-state index in [2.05, 4.69) is 4.98 Å². The van der Waals surface area contributed by atoms with Crippen LogP contribution in [0, 0.1) is 5.92 Å². The summed E-state index contributed by atoms with van der Waals surface area (Å²) in [6, 6.07) is 5.27. The summed E-state index contributed by atoms with van der Waals surface area (Å²) in [5.41, 5.74) is 1.60. The number of para-hydroxylation sites is 1. The van der Waals surface area contributed by atoms with Crippen molar-refractivity contribution in [2.45, 2.75) is 19.3 Å². The zero-order valence-electron chi connectivity index (χ0n) is 10.1. The van der Waals surface area contributed by atoms with E-state index in [-0.39, 0.29) is 18.1 Å². The number of carboxylic acid groups (broad SMARTS) is 1. The second-order valence-electron chi connectivity index (χ2n) is 4.85. The molecule has 1 saturated carbocycles. The van der Waals surface area contributed by atoms with Crippen LogP contribution in [0.15, 0.2) is 18.2 Å². The van der Waals surface area contributed by atoms with E-state index in [4.69, 9.17) is 16.7 Å². The molecule has 4 nitrogen and oxygen atoms in total. The van der Waals surface area contributed by atoms with Crippen molar-refractivity contribution in [2.75, 3.05) is 0 Å². The first-order valence-electron chi connectivity index (χ1n) is 6.13. The number of halogens is 1. The molecule has 5 heteroatoms. The molecular weight excluding hydrogens is 266 g/mol. The number of Topliss-reactive ketones (excluding diaryl/α,β-unsaturated/α-hetero) is 1. The summed E-state index contributed by atoms with van der Waals surface area (Å²) in [6.07, 6.45) is 1.59. The first-order valence-corrected chi connectivity index (χ1v) is 6.51. The molecule has 0 spiro atoms. The Kier molecular flexibility index (Phi) is 2.82. The van der Waals surface area contributed by atoms with Gasteiger partial charge in [0.15, 0.2) is 5.78 Å². The number of nitrogens with one attached hydrogen (secondary N) is 1. The van der Waals surface area contributed by atoms with Gasteiger partial charge in [-0.1, -0.05) is 23.7 Å². The van der Waals surface area contributed by atoms with Crippen molar-refractivity contribution in [1.29, 1.82) is 0 Å². The number of hydrogen-bond donors (Lipinski definition) is 2. The Morgan fingerprint density at radius 3 is 2.74 bits per heavy atom. The van der Waals surface area contributed by atoms with E-state index >= 15 is 0 Å². The molecule has 0 aliphatic heterocycles. The number of fused-ring (bicyclic) bond motifs is 1. The molecule has 2 aromatic rings. The molecule has 1 aliphatic rings. The predicted octanol–water partition coefficient (Wildman–Crippen LogP) is 3.04. The lowest BCUT2D eigenvalue weighted by Gasteiger charge is -2.00. The Hall–Kier alpha value is -1.81. The molecule has 1 fully saturated rings. The highest BCUT2D eigenvalue weighted by atomic mass is 35.5. The minimum atomic E-state index is -0.953. The van der Waals surface area contributed by atoms with Crippen molar-refractivity contribution < 1.29 is 14.7 Å². The molecule has 2 N–H and O–H groups in total. The van der Waals surface area contributed by atoms with Gasteiger partial charge in [0.05, 0.1) is 22.7 Å². The smallest absolute Gasteiger partial charge is 0.307 e. The van der Waals surface area contributed by atoms with Gasteiger partial charge in [0.25, 0.3) is 0 Å². The largest absolute Gasteiger partial charge is 0.481 e. The molecular formula is C14H12ClNO3. The van der Waals surface area contributed by atoms with Crippen molar-refractivity contribution >= 4 is 34.3 Å². The van der Waals surface area contributed by atoms with Crippen LogP contribution >= 0.6 is 11.6 Å². The van der Waals surface area contributed by atoms with Gasteiger partial charge in [-0.15, -0.1) is 0 Å². The highest BCUT2D eigenvalue weighted by Crippen LogP contribution is 2.36. The van der Waals surface area contributed by atoms with Crippen molar-refractivity contribution in [3.8, 4) is 0 Å². The zero-order valence-corrected chi connectivity index (χ0v) is 10.8. The number of aromatic nitrogens is 1. The van der Waals surface area contributed by atoms with E-state index in [1.807, 2.05) is 0 Å². The van der Waals surface area contributed by atoms with Gasteiger partial charge in [-0.25, -0.2) is 0 Å². The minimum absolute atomic E-state index is 0.00326. The SMILES string of the molecule is O=C(O)Cc1c(C(=O)C2CC2)[nH]c2c(Cl)cccc12. The summed E-state index contributed by atoms with van der Waals surface area (Å²) in [6.45, 7) is 0. The third-order valence-corrected chi connectivity index (χ3v) is 3.73. The van der Waals surface area contributed by atoms with Crippen LogP contribution in [-0.2, 0) is 11.2 Å². The first kappa shape index (κ1) is 12.2. The summed E-state index contributed by atoms with van der Waals surface area (Å²) in [7, 11) is 0. The van der Waals surface area contributed by atoms with E-state index in [1.54, 1.807) is 18.2 Å². The Bertz CT molecular complexity index is 685. The van der Waals surface area contributed by atoms with E-state index in [0.29, 0.717) is 21.8 Å². The molecule has 3 rings (SSSR count). The number of aliphatic carboxylic acids is 1. The van der Waals surface area contributed by atoms with Crippen molar-refractivity contribution in [3.63, 3.8) is 0 Å². The Labute approximate surface area is 114 Å². The average molecular weight is 278 g/mol. The number of benzene rings is 1. The summed E-state index contributed by atoms with van der Waals surface area (Å²) >= 11 is 6.09. The summed E-state index contributed by atoms with van der Waals surface area (Å²) in [5.74, 6) is -0.909. The lowest BCUT2D eigenvalue weighted by Crippen LogP contribution is -2.08. The van der Waals surface area contributed by atoms with Crippen LogP contribution in [-0.4, -0.2) is 21.8 Å². The van der Waals surface area contributed by atoms with Gasteiger partial charge in [0.2, 0.25) is 0 Å². The molecule has 0 bridgehead atoms. The highest BCUT2D eigenvalue weighted by Gasteiger charge is 2.33. The molecule has 98 valence electrons. The third kappa shape index (κ3) is 2.12. The number of ketones is 1. The van der Waals surface area contributed by atoms with Gasteiger partial charge in [0.1, 0.15) is 0 Å². The molecule has 1 heterocycles. The maximum absolute atomic E-state index is 12.2. The molecule has 0 amide bonds. The second-order valence-corrected chi connectivity index (χ2v) is 5.26. The lowest BCUT2D eigenvalue weighted by molar-refractivity contribution is -0.136. The molecule has 0 unspecified atom stereocenters.